The summed E-state index contributed by atoms with van der Waals surface area (Å²) in [5, 5.41) is 12.9. The molecule has 9 nitrogen and oxygen atoms in total. The Bertz CT molecular complexity index is 1510. The number of carbonyl (C=O) groups is 3. The fourth-order valence-electron chi connectivity index (χ4n) is 4.54. The summed E-state index contributed by atoms with van der Waals surface area (Å²) in [6, 6.07) is 12.7. The van der Waals surface area contributed by atoms with Crippen LogP contribution in [0.1, 0.15) is 27.9 Å². The molecule has 3 heterocycles. The zero-order chi connectivity index (χ0) is 24.5. The molecule has 5 N–H and O–H groups in total. The summed E-state index contributed by atoms with van der Waals surface area (Å²) in [7, 11) is 0. The van der Waals surface area contributed by atoms with E-state index in [1.165, 1.54) is 0 Å². The van der Waals surface area contributed by atoms with Crippen molar-refractivity contribution in [2.24, 2.45) is 5.73 Å². The van der Waals surface area contributed by atoms with Gasteiger partial charge in [-0.3, -0.25) is 14.9 Å². The van der Waals surface area contributed by atoms with Crippen molar-refractivity contribution >= 4 is 50.7 Å². The van der Waals surface area contributed by atoms with E-state index in [9.17, 15) is 14.4 Å². The highest BCUT2D eigenvalue weighted by atomic mass is 16.5. The Morgan fingerprint density at radius 1 is 1.03 bits per heavy atom. The van der Waals surface area contributed by atoms with Gasteiger partial charge in [-0.15, -0.1) is 0 Å². The Hall–Kier alpha value is -4.21. The number of imide groups is 1. The number of esters is 1. The van der Waals surface area contributed by atoms with Crippen LogP contribution in [0.25, 0.3) is 33.0 Å². The topological polar surface area (TPSA) is 139 Å². The Kier molecular flexibility index (Phi) is 5.94. The summed E-state index contributed by atoms with van der Waals surface area (Å²) in [6.45, 7) is 0.880. The Morgan fingerprint density at radius 3 is 2.57 bits per heavy atom. The second-order valence-corrected chi connectivity index (χ2v) is 8.25. The van der Waals surface area contributed by atoms with Gasteiger partial charge in [0.15, 0.2) is 0 Å². The fourth-order valence-corrected chi connectivity index (χ4v) is 4.54. The molecular weight excluding hydrogens is 448 g/mol. The number of nitrogens with one attached hydrogen (secondary N) is 2. The molecule has 0 atom stereocenters. The molecule has 0 saturated carbocycles. The van der Waals surface area contributed by atoms with Crippen LogP contribution in [0.3, 0.4) is 0 Å². The number of nitrogens with two attached hydrogens (primary N) is 1. The first-order valence-electron chi connectivity index (χ1n) is 11.3. The van der Waals surface area contributed by atoms with Crippen LogP contribution in [-0.2, 0) is 20.9 Å². The minimum Gasteiger partial charge on any atom is -0.460 e. The van der Waals surface area contributed by atoms with Crippen LogP contribution in [0.5, 0.6) is 0 Å². The third kappa shape index (κ3) is 3.90. The number of aliphatic hydroxyl groups is 1. The number of amides is 2. The van der Waals surface area contributed by atoms with Gasteiger partial charge in [-0.05, 0) is 31.2 Å². The Morgan fingerprint density at radius 2 is 1.80 bits per heavy atom. The van der Waals surface area contributed by atoms with Crippen molar-refractivity contribution in [1.82, 2.24) is 14.9 Å². The van der Waals surface area contributed by atoms with Crippen molar-refractivity contribution in [2.75, 3.05) is 19.8 Å². The number of ether oxygens (including phenoxy) is 1. The van der Waals surface area contributed by atoms with Crippen LogP contribution >= 0.6 is 0 Å². The molecule has 0 aliphatic carbocycles. The van der Waals surface area contributed by atoms with Crippen molar-refractivity contribution in [1.29, 1.82) is 0 Å². The lowest BCUT2D eigenvalue weighted by Crippen LogP contribution is -2.22. The van der Waals surface area contributed by atoms with Crippen molar-refractivity contribution in [3.63, 3.8) is 0 Å². The standard InChI is InChI=1S/C26H24N4O5/c27-8-3-9-30-14-19(17-4-1-2-5-21(17)30)23-22(24(32)29-25(23)33)18-13-28-20-12-15(6-7-16(18)20)26(34)35-11-10-31/h1-2,4-7,12-14,28,31H,3,8-11,27H2,(H,29,32,33). The molecular formula is C26H24N4O5. The van der Waals surface area contributed by atoms with Crippen LogP contribution in [0, 0.1) is 0 Å². The molecule has 0 bridgehead atoms. The number of hydrogen-bond acceptors (Lipinski definition) is 6. The van der Waals surface area contributed by atoms with E-state index in [0.29, 0.717) is 46.3 Å². The average molecular weight is 473 g/mol. The van der Waals surface area contributed by atoms with E-state index in [1.807, 2.05) is 30.5 Å². The lowest BCUT2D eigenvalue weighted by molar-refractivity contribution is -0.122. The molecule has 178 valence electrons. The second-order valence-electron chi connectivity index (χ2n) is 8.25. The van der Waals surface area contributed by atoms with E-state index in [0.717, 1.165) is 17.3 Å². The van der Waals surface area contributed by atoms with E-state index < -0.39 is 17.8 Å². The molecule has 9 heteroatoms. The van der Waals surface area contributed by atoms with E-state index in [1.54, 1.807) is 24.4 Å². The second kappa shape index (κ2) is 9.21. The maximum atomic E-state index is 13.0. The van der Waals surface area contributed by atoms with Gasteiger partial charge in [0, 0.05) is 51.9 Å². The largest absolute Gasteiger partial charge is 0.460 e. The van der Waals surface area contributed by atoms with Gasteiger partial charge in [0.25, 0.3) is 11.8 Å². The molecule has 0 saturated heterocycles. The van der Waals surface area contributed by atoms with Gasteiger partial charge in [-0.25, -0.2) is 4.79 Å². The molecule has 0 spiro atoms. The van der Waals surface area contributed by atoms with Crippen molar-refractivity contribution in [2.45, 2.75) is 13.0 Å². The minimum absolute atomic E-state index is 0.0930. The van der Waals surface area contributed by atoms with Gasteiger partial charge in [-0.1, -0.05) is 24.3 Å². The van der Waals surface area contributed by atoms with Crippen LogP contribution in [0.15, 0.2) is 54.9 Å². The molecule has 2 aromatic carbocycles. The zero-order valence-corrected chi connectivity index (χ0v) is 18.8. The number of benzene rings is 2. The van der Waals surface area contributed by atoms with Gasteiger partial charge in [0.05, 0.1) is 23.3 Å². The van der Waals surface area contributed by atoms with Crippen LogP contribution < -0.4 is 11.1 Å². The maximum Gasteiger partial charge on any atom is 0.338 e. The molecule has 0 fully saturated rings. The highest BCUT2D eigenvalue weighted by Gasteiger charge is 2.35. The number of aliphatic hydroxyl groups excluding tert-OH is 1. The number of aromatic nitrogens is 2. The van der Waals surface area contributed by atoms with Crippen molar-refractivity contribution < 1.29 is 24.2 Å². The van der Waals surface area contributed by atoms with E-state index in [-0.39, 0.29) is 18.8 Å². The number of H-pyrrole nitrogens is 1. The number of aryl methyl sites for hydroxylation is 1. The number of para-hydroxylation sites is 1. The molecule has 0 unspecified atom stereocenters. The van der Waals surface area contributed by atoms with Crippen LogP contribution in [0.2, 0.25) is 0 Å². The van der Waals surface area contributed by atoms with Gasteiger partial charge < -0.3 is 25.1 Å². The molecule has 35 heavy (non-hydrogen) atoms. The zero-order valence-electron chi connectivity index (χ0n) is 18.8. The summed E-state index contributed by atoms with van der Waals surface area (Å²) in [6.07, 6.45) is 4.34. The number of aromatic amines is 1. The highest BCUT2D eigenvalue weighted by molar-refractivity contribution is 6.50. The molecule has 2 aromatic heterocycles. The first-order valence-corrected chi connectivity index (χ1v) is 11.3. The van der Waals surface area contributed by atoms with Gasteiger partial charge in [0.2, 0.25) is 0 Å². The number of rotatable bonds is 8. The molecule has 4 aromatic rings. The average Bonchev–Trinajstić information content (AvgIpc) is 3.53. The third-order valence-electron chi connectivity index (χ3n) is 6.10. The Labute approximate surface area is 200 Å². The number of carbonyl (C=O) groups excluding carboxylic acids is 3. The van der Waals surface area contributed by atoms with E-state index in [2.05, 4.69) is 14.9 Å². The first-order chi connectivity index (χ1) is 17.0. The molecule has 1 aliphatic rings. The van der Waals surface area contributed by atoms with Crippen LogP contribution in [0.4, 0.5) is 0 Å². The number of fused-ring (bicyclic) bond motifs is 2. The SMILES string of the molecule is NCCCn1cc(C2=C(c3c[nH]c4cc(C(=O)OCCO)ccc34)C(=O)NC2=O)c2ccccc21. The lowest BCUT2D eigenvalue weighted by atomic mass is 9.95. The highest BCUT2D eigenvalue weighted by Crippen LogP contribution is 2.38. The maximum absolute atomic E-state index is 13.0. The summed E-state index contributed by atoms with van der Waals surface area (Å²) in [5.74, 6) is -1.49. The van der Waals surface area contributed by atoms with E-state index in [4.69, 9.17) is 15.6 Å². The predicted octanol–water partition coefficient (Wildman–Crippen LogP) is 2.19. The molecule has 1 aliphatic heterocycles. The van der Waals surface area contributed by atoms with Gasteiger partial charge >= 0.3 is 5.97 Å². The lowest BCUT2D eigenvalue weighted by Gasteiger charge is -2.05. The summed E-state index contributed by atoms with van der Waals surface area (Å²) in [4.78, 5) is 41.3. The molecule has 0 radical (unpaired) electrons. The van der Waals surface area contributed by atoms with Crippen LogP contribution in [-0.4, -0.2) is 52.2 Å². The van der Waals surface area contributed by atoms with Crippen molar-refractivity contribution in [3.05, 3.63) is 71.5 Å². The van der Waals surface area contributed by atoms with E-state index >= 15 is 0 Å². The predicted molar refractivity (Wildman–Crippen MR) is 131 cm³/mol. The minimum atomic E-state index is -0.559. The summed E-state index contributed by atoms with van der Waals surface area (Å²) < 4.78 is 7.03. The summed E-state index contributed by atoms with van der Waals surface area (Å²) >= 11 is 0. The van der Waals surface area contributed by atoms with Gasteiger partial charge in [-0.2, -0.15) is 0 Å². The monoisotopic (exact) mass is 472 g/mol. The number of hydrogen-bond donors (Lipinski definition) is 4. The molecule has 5 rings (SSSR count). The number of nitrogens with zero attached hydrogens (tertiary/aromatic N) is 1. The Balaban J connectivity index is 1.65. The third-order valence-corrected chi connectivity index (χ3v) is 6.10. The van der Waals surface area contributed by atoms with Crippen molar-refractivity contribution in [3.8, 4) is 0 Å². The van der Waals surface area contributed by atoms with Gasteiger partial charge in [0.1, 0.15) is 6.61 Å². The smallest absolute Gasteiger partial charge is 0.338 e. The summed E-state index contributed by atoms with van der Waals surface area (Å²) in [5.41, 5.74) is 9.41. The fraction of sp³-hybridized carbons (Fsp3) is 0.192. The normalized spacial score (nSPS) is 13.8. The first kappa shape index (κ1) is 22.6. The molecule has 2 amide bonds. The quantitative estimate of drug-likeness (QED) is 0.229.